The van der Waals surface area contributed by atoms with Crippen molar-refractivity contribution in [2.45, 2.75) is 6.42 Å². The molecule has 2 aromatic carbocycles. The molecule has 164 valence electrons. The molecule has 0 fully saturated rings. The largest absolute Gasteiger partial charge is 0.493 e. The lowest BCUT2D eigenvalue weighted by Gasteiger charge is -2.10. The third-order valence-corrected chi connectivity index (χ3v) is 5.87. The van der Waals surface area contributed by atoms with Crippen molar-refractivity contribution in [2.75, 3.05) is 12.4 Å². The van der Waals surface area contributed by atoms with E-state index in [2.05, 4.69) is 15.5 Å². The summed E-state index contributed by atoms with van der Waals surface area (Å²) in [5.41, 5.74) is 0.727. The molecule has 5 rings (SSSR count). The van der Waals surface area contributed by atoms with Crippen LogP contribution in [0.4, 0.5) is 5.69 Å². The van der Waals surface area contributed by atoms with Gasteiger partial charge in [0.25, 0.3) is 5.91 Å². The topological polar surface area (TPSA) is 107 Å². The van der Waals surface area contributed by atoms with Crippen molar-refractivity contribution in [3.8, 4) is 16.5 Å². The second-order valence-electron chi connectivity index (χ2n) is 7.10. The molecule has 0 saturated carbocycles. The molecule has 1 N–H and O–H groups in total. The summed E-state index contributed by atoms with van der Waals surface area (Å²) in [6.45, 7) is 0. The van der Waals surface area contributed by atoms with Gasteiger partial charge in [-0.25, -0.2) is 4.79 Å². The number of hydrogen-bond donors (Lipinski definition) is 1. The monoisotopic (exact) mass is 459 g/mol. The number of benzene rings is 2. The number of carbonyl (C=O) groups is 1. The molecule has 0 aliphatic rings. The second-order valence-corrected chi connectivity index (χ2v) is 8.05. The molecule has 0 radical (unpaired) electrons. The van der Waals surface area contributed by atoms with E-state index in [-0.39, 0.29) is 5.56 Å². The van der Waals surface area contributed by atoms with Crippen LogP contribution in [0.5, 0.6) is 5.75 Å². The number of aromatic nitrogens is 2. The molecule has 8 nitrogen and oxygen atoms in total. The molecule has 3 heterocycles. The highest BCUT2D eigenvalue weighted by atomic mass is 32.1. The summed E-state index contributed by atoms with van der Waals surface area (Å²) < 4.78 is 16.0. The fraction of sp³-hybridized carbons (Fsp3) is 0.0833. The summed E-state index contributed by atoms with van der Waals surface area (Å²) in [6, 6.07) is 17.7. The van der Waals surface area contributed by atoms with Gasteiger partial charge in [-0.1, -0.05) is 41.6 Å². The standard InChI is InChI=1S/C24H17N3O5S/c1-30-18-9-4-7-15-12-16(24(29)31-21(15)18)23(28)25-17-8-3-2-6-14(17)13-20-26-22(27-32-20)19-10-5-11-33-19/h2-12H,13H2,1H3,(H,25,28). The highest BCUT2D eigenvalue weighted by Gasteiger charge is 2.18. The second kappa shape index (κ2) is 8.71. The molecule has 0 bridgehead atoms. The van der Waals surface area contributed by atoms with Crippen LogP contribution in [0.3, 0.4) is 0 Å². The number of para-hydroxylation sites is 2. The molecule has 0 atom stereocenters. The average Bonchev–Trinajstić information content (AvgIpc) is 3.51. The summed E-state index contributed by atoms with van der Waals surface area (Å²) in [6.07, 6.45) is 0.318. The van der Waals surface area contributed by atoms with E-state index < -0.39 is 11.5 Å². The van der Waals surface area contributed by atoms with Crippen molar-refractivity contribution >= 4 is 33.9 Å². The van der Waals surface area contributed by atoms with Gasteiger partial charge in [0, 0.05) is 11.1 Å². The SMILES string of the molecule is COc1cccc2cc(C(=O)Nc3ccccc3Cc3nc(-c4cccs4)no3)c(=O)oc12. The Morgan fingerprint density at radius 2 is 2.00 bits per heavy atom. The van der Waals surface area contributed by atoms with E-state index in [0.717, 1.165) is 10.4 Å². The molecule has 0 saturated heterocycles. The number of fused-ring (bicyclic) bond motifs is 1. The lowest BCUT2D eigenvalue weighted by molar-refractivity contribution is 0.102. The van der Waals surface area contributed by atoms with Crippen LogP contribution < -0.4 is 15.7 Å². The Kier molecular flexibility index (Phi) is 5.45. The smallest absolute Gasteiger partial charge is 0.349 e. The van der Waals surface area contributed by atoms with Gasteiger partial charge in [0.15, 0.2) is 11.3 Å². The number of hydrogen-bond acceptors (Lipinski definition) is 8. The molecule has 0 aliphatic heterocycles. The summed E-state index contributed by atoms with van der Waals surface area (Å²) in [4.78, 5) is 30.8. The predicted molar refractivity (Wildman–Crippen MR) is 124 cm³/mol. The summed E-state index contributed by atoms with van der Waals surface area (Å²) in [5.74, 6) is 0.775. The van der Waals surface area contributed by atoms with Gasteiger partial charge in [-0.2, -0.15) is 4.98 Å². The van der Waals surface area contributed by atoms with Gasteiger partial charge in [0.1, 0.15) is 5.56 Å². The Labute approximate surface area is 191 Å². The van der Waals surface area contributed by atoms with Crippen LogP contribution in [0.1, 0.15) is 21.8 Å². The molecular weight excluding hydrogens is 442 g/mol. The predicted octanol–water partition coefficient (Wildman–Crippen LogP) is 4.76. The lowest BCUT2D eigenvalue weighted by Crippen LogP contribution is -2.21. The molecule has 33 heavy (non-hydrogen) atoms. The first-order chi connectivity index (χ1) is 16.1. The number of carbonyl (C=O) groups excluding carboxylic acids is 1. The van der Waals surface area contributed by atoms with Crippen molar-refractivity contribution in [3.63, 3.8) is 0 Å². The molecule has 0 spiro atoms. The highest BCUT2D eigenvalue weighted by molar-refractivity contribution is 7.13. The van der Waals surface area contributed by atoms with Crippen LogP contribution in [0.2, 0.25) is 0 Å². The van der Waals surface area contributed by atoms with Crippen LogP contribution in [0.25, 0.3) is 21.7 Å². The first kappa shape index (κ1) is 20.7. The number of methoxy groups -OCH3 is 1. The third-order valence-electron chi connectivity index (χ3n) is 5.01. The molecule has 3 aromatic heterocycles. The zero-order chi connectivity index (χ0) is 22.8. The van der Waals surface area contributed by atoms with E-state index in [4.69, 9.17) is 13.7 Å². The van der Waals surface area contributed by atoms with Crippen LogP contribution in [0, 0.1) is 0 Å². The molecule has 5 aromatic rings. The maximum Gasteiger partial charge on any atom is 0.349 e. The first-order valence-corrected chi connectivity index (χ1v) is 10.9. The van der Waals surface area contributed by atoms with Gasteiger partial charge in [-0.15, -0.1) is 11.3 Å². The number of thiophene rings is 1. The minimum Gasteiger partial charge on any atom is -0.493 e. The van der Waals surface area contributed by atoms with Gasteiger partial charge in [0.05, 0.1) is 18.4 Å². The summed E-state index contributed by atoms with van der Waals surface area (Å²) in [5, 5.41) is 9.34. The van der Waals surface area contributed by atoms with Crippen molar-refractivity contribution in [1.29, 1.82) is 0 Å². The zero-order valence-corrected chi connectivity index (χ0v) is 18.2. The highest BCUT2D eigenvalue weighted by Crippen LogP contribution is 2.26. The van der Waals surface area contributed by atoms with Crippen molar-refractivity contribution in [2.24, 2.45) is 0 Å². The van der Waals surface area contributed by atoms with E-state index in [0.29, 0.717) is 40.5 Å². The van der Waals surface area contributed by atoms with Gasteiger partial charge in [-0.3, -0.25) is 4.79 Å². The zero-order valence-electron chi connectivity index (χ0n) is 17.4. The van der Waals surface area contributed by atoms with E-state index in [1.54, 1.807) is 30.3 Å². The normalized spacial score (nSPS) is 10.9. The van der Waals surface area contributed by atoms with Gasteiger partial charge >= 0.3 is 5.63 Å². The Morgan fingerprint density at radius 3 is 2.82 bits per heavy atom. The minimum atomic E-state index is -0.750. The fourth-order valence-electron chi connectivity index (χ4n) is 3.42. The minimum absolute atomic E-state index is 0.108. The Morgan fingerprint density at radius 1 is 1.12 bits per heavy atom. The van der Waals surface area contributed by atoms with Crippen molar-refractivity contribution in [1.82, 2.24) is 10.1 Å². The van der Waals surface area contributed by atoms with Crippen LogP contribution in [-0.2, 0) is 6.42 Å². The summed E-state index contributed by atoms with van der Waals surface area (Å²) in [7, 11) is 1.49. The molecular formula is C24H17N3O5S. The van der Waals surface area contributed by atoms with Gasteiger partial charge < -0.3 is 19.0 Å². The van der Waals surface area contributed by atoms with E-state index in [1.165, 1.54) is 24.5 Å². The fourth-order valence-corrected chi connectivity index (χ4v) is 4.07. The molecule has 0 unspecified atom stereocenters. The van der Waals surface area contributed by atoms with Gasteiger partial charge in [-0.05, 0) is 35.2 Å². The quantitative estimate of drug-likeness (QED) is 0.365. The van der Waals surface area contributed by atoms with E-state index in [1.807, 2.05) is 29.6 Å². The number of nitrogens with one attached hydrogen (secondary N) is 1. The molecule has 0 aliphatic carbocycles. The maximum atomic E-state index is 12.9. The Balaban J connectivity index is 1.41. The Bertz CT molecular complexity index is 1500. The van der Waals surface area contributed by atoms with Crippen molar-refractivity contribution in [3.05, 3.63) is 93.5 Å². The average molecular weight is 459 g/mol. The number of rotatable bonds is 6. The number of nitrogens with zero attached hydrogens (tertiary/aromatic N) is 2. The third kappa shape index (κ3) is 4.13. The number of anilines is 1. The van der Waals surface area contributed by atoms with Crippen LogP contribution in [-0.4, -0.2) is 23.2 Å². The first-order valence-electron chi connectivity index (χ1n) is 9.99. The maximum absolute atomic E-state index is 12.9. The molecule has 9 heteroatoms. The number of ether oxygens (including phenoxy) is 1. The summed E-state index contributed by atoms with van der Waals surface area (Å²) >= 11 is 1.52. The lowest BCUT2D eigenvalue weighted by atomic mass is 10.1. The van der Waals surface area contributed by atoms with Crippen LogP contribution >= 0.6 is 11.3 Å². The van der Waals surface area contributed by atoms with E-state index in [9.17, 15) is 9.59 Å². The van der Waals surface area contributed by atoms with Crippen molar-refractivity contribution < 1.29 is 18.5 Å². The molecule has 1 amide bonds. The number of amides is 1. The Hall–Kier alpha value is -4.24. The van der Waals surface area contributed by atoms with Gasteiger partial charge in [0.2, 0.25) is 11.7 Å². The van der Waals surface area contributed by atoms with E-state index >= 15 is 0 Å². The van der Waals surface area contributed by atoms with Crippen LogP contribution in [0.15, 0.2) is 79.8 Å².